The topological polar surface area (TPSA) is 56.1 Å². The highest BCUT2D eigenvalue weighted by molar-refractivity contribution is 6.33. The Morgan fingerprint density at radius 3 is 2.65 bits per heavy atom. The molecule has 0 unspecified atom stereocenters. The second kappa shape index (κ2) is 9.23. The molecule has 31 heavy (non-hydrogen) atoms. The molecular formula is C25H24ClN3O2. The van der Waals surface area contributed by atoms with Gasteiger partial charge in [-0.2, -0.15) is 0 Å². The number of amides is 1. The molecule has 3 aromatic carbocycles. The van der Waals surface area contributed by atoms with Crippen LogP contribution in [0.5, 0.6) is 5.75 Å². The first-order valence-corrected chi connectivity index (χ1v) is 10.6. The second-order valence-electron chi connectivity index (χ2n) is 7.38. The summed E-state index contributed by atoms with van der Waals surface area (Å²) >= 11 is 6.15. The summed E-state index contributed by atoms with van der Waals surface area (Å²) in [5.74, 6) is 1.43. The summed E-state index contributed by atoms with van der Waals surface area (Å²) in [7, 11) is 0. The van der Waals surface area contributed by atoms with E-state index in [0.29, 0.717) is 30.3 Å². The highest BCUT2D eigenvalue weighted by atomic mass is 35.5. The molecule has 5 nitrogen and oxygen atoms in total. The monoisotopic (exact) mass is 433 g/mol. The van der Waals surface area contributed by atoms with Gasteiger partial charge in [0, 0.05) is 0 Å². The number of rotatable bonds is 7. The molecule has 0 fully saturated rings. The minimum Gasteiger partial charge on any atom is -0.491 e. The average molecular weight is 434 g/mol. The fourth-order valence-corrected chi connectivity index (χ4v) is 3.76. The SMILES string of the molecule is Cc1cccc(OCCn2c(CNC(=O)c3ccccc3Cl)nc3ccccc32)c1C. The van der Waals surface area contributed by atoms with Gasteiger partial charge in [-0.25, -0.2) is 4.98 Å². The van der Waals surface area contributed by atoms with Crippen molar-refractivity contribution in [3.8, 4) is 5.75 Å². The number of fused-ring (bicyclic) bond motifs is 1. The van der Waals surface area contributed by atoms with Crippen molar-refractivity contribution in [3.63, 3.8) is 0 Å². The smallest absolute Gasteiger partial charge is 0.253 e. The van der Waals surface area contributed by atoms with Crippen LogP contribution in [-0.2, 0) is 13.1 Å². The molecule has 6 heteroatoms. The molecule has 0 aliphatic rings. The molecule has 158 valence electrons. The molecule has 0 radical (unpaired) electrons. The quantitative estimate of drug-likeness (QED) is 0.429. The van der Waals surface area contributed by atoms with Gasteiger partial charge in [-0.1, -0.05) is 48.0 Å². The number of halogens is 1. The average Bonchev–Trinajstić information content (AvgIpc) is 3.13. The number of nitrogens with one attached hydrogen (secondary N) is 1. The summed E-state index contributed by atoms with van der Waals surface area (Å²) in [6.07, 6.45) is 0. The third-order valence-corrected chi connectivity index (χ3v) is 5.72. The summed E-state index contributed by atoms with van der Waals surface area (Å²) in [6.45, 7) is 5.54. The van der Waals surface area contributed by atoms with Crippen molar-refractivity contribution in [1.29, 1.82) is 0 Å². The van der Waals surface area contributed by atoms with E-state index in [2.05, 4.69) is 29.8 Å². The van der Waals surface area contributed by atoms with Crippen LogP contribution in [0.15, 0.2) is 66.7 Å². The number of hydrogen-bond acceptors (Lipinski definition) is 3. The number of hydrogen-bond donors (Lipinski definition) is 1. The number of ether oxygens (including phenoxy) is 1. The van der Waals surface area contributed by atoms with E-state index >= 15 is 0 Å². The fraction of sp³-hybridized carbons (Fsp3) is 0.200. The van der Waals surface area contributed by atoms with Crippen molar-refractivity contribution in [2.75, 3.05) is 6.61 Å². The molecule has 1 heterocycles. The number of nitrogens with zero attached hydrogens (tertiary/aromatic N) is 2. The maximum absolute atomic E-state index is 12.6. The van der Waals surface area contributed by atoms with Crippen LogP contribution in [0, 0.1) is 13.8 Å². The normalized spacial score (nSPS) is 10.9. The summed E-state index contributed by atoms with van der Waals surface area (Å²) in [6, 6.07) is 21.0. The first kappa shape index (κ1) is 20.9. The Hall–Kier alpha value is -3.31. The molecule has 0 spiro atoms. The van der Waals surface area contributed by atoms with Crippen LogP contribution < -0.4 is 10.1 Å². The van der Waals surface area contributed by atoms with Crippen molar-refractivity contribution in [3.05, 3.63) is 94.3 Å². The lowest BCUT2D eigenvalue weighted by Gasteiger charge is -2.14. The van der Waals surface area contributed by atoms with E-state index in [9.17, 15) is 4.79 Å². The van der Waals surface area contributed by atoms with Crippen LogP contribution in [0.25, 0.3) is 11.0 Å². The molecule has 4 rings (SSSR count). The number of benzene rings is 3. The number of aromatic nitrogens is 2. The molecule has 1 amide bonds. The Labute approximate surface area is 186 Å². The Morgan fingerprint density at radius 2 is 1.81 bits per heavy atom. The van der Waals surface area contributed by atoms with E-state index in [1.165, 1.54) is 5.56 Å². The van der Waals surface area contributed by atoms with Crippen LogP contribution >= 0.6 is 11.6 Å². The minimum absolute atomic E-state index is 0.226. The van der Waals surface area contributed by atoms with Gasteiger partial charge in [0.05, 0.1) is 34.7 Å². The summed E-state index contributed by atoms with van der Waals surface area (Å²) in [5, 5.41) is 3.36. The third kappa shape index (κ3) is 4.57. The number of aryl methyl sites for hydroxylation is 1. The van der Waals surface area contributed by atoms with Crippen LogP contribution in [0.3, 0.4) is 0 Å². The van der Waals surface area contributed by atoms with E-state index in [4.69, 9.17) is 21.3 Å². The highest BCUT2D eigenvalue weighted by Crippen LogP contribution is 2.21. The van der Waals surface area contributed by atoms with Crippen molar-refractivity contribution < 1.29 is 9.53 Å². The summed E-state index contributed by atoms with van der Waals surface area (Å²) in [4.78, 5) is 17.3. The number of carbonyl (C=O) groups is 1. The predicted molar refractivity (Wildman–Crippen MR) is 124 cm³/mol. The number of carbonyl (C=O) groups excluding carboxylic acids is 1. The Balaban J connectivity index is 1.51. The minimum atomic E-state index is -0.226. The second-order valence-corrected chi connectivity index (χ2v) is 7.78. The first-order chi connectivity index (χ1) is 15.0. The largest absolute Gasteiger partial charge is 0.491 e. The van der Waals surface area contributed by atoms with Crippen molar-refractivity contribution in [1.82, 2.24) is 14.9 Å². The molecule has 0 aliphatic heterocycles. The van der Waals surface area contributed by atoms with E-state index in [1.807, 2.05) is 36.4 Å². The van der Waals surface area contributed by atoms with Gasteiger partial charge < -0.3 is 14.6 Å². The Morgan fingerprint density at radius 1 is 1.03 bits per heavy atom. The molecule has 0 bridgehead atoms. The van der Waals surface area contributed by atoms with Crippen LogP contribution in [-0.4, -0.2) is 22.1 Å². The van der Waals surface area contributed by atoms with Crippen molar-refractivity contribution in [2.24, 2.45) is 0 Å². The van der Waals surface area contributed by atoms with Gasteiger partial charge in [-0.3, -0.25) is 4.79 Å². The molecule has 1 N–H and O–H groups in total. The van der Waals surface area contributed by atoms with Crippen molar-refractivity contribution in [2.45, 2.75) is 26.9 Å². The zero-order chi connectivity index (χ0) is 21.8. The molecule has 1 aromatic heterocycles. The zero-order valence-corrected chi connectivity index (χ0v) is 18.3. The Bertz CT molecular complexity index is 1230. The maximum atomic E-state index is 12.6. The fourth-order valence-electron chi connectivity index (χ4n) is 3.54. The van der Waals surface area contributed by atoms with Crippen LogP contribution in [0.4, 0.5) is 0 Å². The van der Waals surface area contributed by atoms with Gasteiger partial charge in [0.25, 0.3) is 5.91 Å². The molecule has 0 saturated carbocycles. The lowest BCUT2D eigenvalue weighted by molar-refractivity contribution is 0.0949. The lowest BCUT2D eigenvalue weighted by atomic mass is 10.1. The molecule has 0 saturated heterocycles. The third-order valence-electron chi connectivity index (χ3n) is 5.39. The molecule has 0 aliphatic carbocycles. The predicted octanol–water partition coefficient (Wildman–Crippen LogP) is 5.32. The van der Waals surface area contributed by atoms with E-state index < -0.39 is 0 Å². The summed E-state index contributed by atoms with van der Waals surface area (Å²) in [5.41, 5.74) is 4.69. The highest BCUT2D eigenvalue weighted by Gasteiger charge is 2.14. The lowest BCUT2D eigenvalue weighted by Crippen LogP contribution is -2.25. The van der Waals surface area contributed by atoms with Gasteiger partial charge in [0.15, 0.2) is 0 Å². The van der Waals surface area contributed by atoms with Crippen molar-refractivity contribution >= 4 is 28.5 Å². The van der Waals surface area contributed by atoms with Gasteiger partial charge in [0.1, 0.15) is 18.2 Å². The van der Waals surface area contributed by atoms with E-state index in [1.54, 1.807) is 24.3 Å². The van der Waals surface area contributed by atoms with Crippen LogP contribution in [0.2, 0.25) is 5.02 Å². The van der Waals surface area contributed by atoms with E-state index in [0.717, 1.165) is 28.2 Å². The van der Waals surface area contributed by atoms with Gasteiger partial charge in [-0.15, -0.1) is 0 Å². The van der Waals surface area contributed by atoms with Gasteiger partial charge in [-0.05, 0) is 55.3 Å². The molecule has 0 atom stereocenters. The Kier molecular flexibility index (Phi) is 6.23. The molecular weight excluding hydrogens is 410 g/mol. The first-order valence-electron chi connectivity index (χ1n) is 10.2. The number of para-hydroxylation sites is 2. The van der Waals surface area contributed by atoms with Gasteiger partial charge >= 0.3 is 0 Å². The summed E-state index contributed by atoms with van der Waals surface area (Å²) < 4.78 is 8.14. The van der Waals surface area contributed by atoms with E-state index in [-0.39, 0.29) is 5.91 Å². The zero-order valence-electron chi connectivity index (χ0n) is 17.6. The maximum Gasteiger partial charge on any atom is 0.253 e. The number of imidazole rings is 1. The van der Waals surface area contributed by atoms with Crippen LogP contribution in [0.1, 0.15) is 27.3 Å². The standard InChI is InChI=1S/C25H24ClN3O2/c1-17-8-7-13-23(18(17)2)31-15-14-29-22-12-6-5-11-21(22)28-24(29)16-27-25(30)19-9-3-4-10-20(19)26/h3-13H,14-16H2,1-2H3,(H,27,30). The van der Waals surface area contributed by atoms with Gasteiger partial charge in [0.2, 0.25) is 0 Å². The molecule has 4 aromatic rings.